The van der Waals surface area contributed by atoms with Crippen molar-refractivity contribution in [3.8, 4) is 11.4 Å². The molecule has 0 aliphatic heterocycles. The molecule has 0 saturated carbocycles. The van der Waals surface area contributed by atoms with Crippen LogP contribution in [0.4, 0.5) is 5.69 Å². The third-order valence-electron chi connectivity index (χ3n) is 3.96. The molecule has 1 amide bonds. The molecule has 3 rings (SSSR count). The number of hydrogen-bond donors (Lipinski definition) is 2. The van der Waals surface area contributed by atoms with E-state index in [9.17, 15) is 13.2 Å². The van der Waals surface area contributed by atoms with E-state index in [0.29, 0.717) is 16.6 Å². The van der Waals surface area contributed by atoms with Crippen molar-refractivity contribution < 1.29 is 17.9 Å². The fourth-order valence-corrected chi connectivity index (χ4v) is 3.83. The standard InChI is InChI=1S/C18H19N5O4S2/c1-12(17(24)21-13-7-9-14(10-8-13)29(19,25)26)28-18-22-20-11-23(18)15-5-3-4-6-16(15)27-2/h3-12H,1-2H3,(H,21,24)(H2,19,25,26). The largest absolute Gasteiger partial charge is 0.495 e. The number of para-hydroxylation sites is 2. The second kappa shape index (κ2) is 8.64. The Labute approximate surface area is 172 Å². The monoisotopic (exact) mass is 433 g/mol. The van der Waals surface area contributed by atoms with Gasteiger partial charge in [0.25, 0.3) is 0 Å². The molecule has 0 aliphatic rings. The highest BCUT2D eigenvalue weighted by molar-refractivity contribution is 8.00. The number of thioether (sulfide) groups is 1. The van der Waals surface area contributed by atoms with Gasteiger partial charge >= 0.3 is 0 Å². The lowest BCUT2D eigenvalue weighted by molar-refractivity contribution is -0.115. The average molecular weight is 434 g/mol. The van der Waals surface area contributed by atoms with Crippen molar-refractivity contribution in [3.05, 3.63) is 54.9 Å². The van der Waals surface area contributed by atoms with E-state index in [1.807, 2.05) is 24.3 Å². The van der Waals surface area contributed by atoms with E-state index in [-0.39, 0.29) is 10.8 Å². The molecule has 11 heteroatoms. The summed E-state index contributed by atoms with van der Waals surface area (Å²) in [5.74, 6) is 0.383. The van der Waals surface area contributed by atoms with Gasteiger partial charge in [-0.2, -0.15) is 0 Å². The van der Waals surface area contributed by atoms with Gasteiger partial charge in [0, 0.05) is 5.69 Å². The number of carbonyl (C=O) groups excluding carboxylic acids is 1. The average Bonchev–Trinajstić information content (AvgIpc) is 3.15. The first-order chi connectivity index (χ1) is 13.8. The molecule has 9 nitrogen and oxygen atoms in total. The zero-order valence-corrected chi connectivity index (χ0v) is 17.3. The lowest BCUT2D eigenvalue weighted by Crippen LogP contribution is -2.23. The third-order valence-corrected chi connectivity index (χ3v) is 5.95. The fraction of sp³-hybridized carbons (Fsp3) is 0.167. The van der Waals surface area contributed by atoms with Crippen LogP contribution in [0.3, 0.4) is 0 Å². The molecular weight excluding hydrogens is 414 g/mol. The molecule has 1 heterocycles. The number of benzene rings is 2. The summed E-state index contributed by atoms with van der Waals surface area (Å²) in [4.78, 5) is 12.5. The Hall–Kier alpha value is -2.89. The van der Waals surface area contributed by atoms with E-state index in [1.54, 1.807) is 24.9 Å². The molecule has 152 valence electrons. The molecule has 3 N–H and O–H groups in total. The van der Waals surface area contributed by atoms with Gasteiger partial charge in [0.1, 0.15) is 12.1 Å². The van der Waals surface area contributed by atoms with Crippen molar-refractivity contribution in [1.29, 1.82) is 0 Å². The van der Waals surface area contributed by atoms with Gasteiger partial charge in [-0.15, -0.1) is 10.2 Å². The van der Waals surface area contributed by atoms with Crippen molar-refractivity contribution in [2.45, 2.75) is 22.2 Å². The number of primary sulfonamides is 1. The maximum Gasteiger partial charge on any atom is 0.238 e. The van der Waals surface area contributed by atoms with Crippen LogP contribution in [-0.4, -0.2) is 41.4 Å². The number of methoxy groups -OCH3 is 1. The minimum absolute atomic E-state index is 0.0252. The molecule has 0 bridgehead atoms. The Balaban J connectivity index is 1.72. The molecule has 2 aromatic carbocycles. The van der Waals surface area contributed by atoms with Gasteiger partial charge in [-0.05, 0) is 43.3 Å². The van der Waals surface area contributed by atoms with Crippen LogP contribution in [0.25, 0.3) is 5.69 Å². The van der Waals surface area contributed by atoms with Crippen LogP contribution in [0.15, 0.2) is 64.9 Å². The Bertz CT molecular complexity index is 1110. The number of ether oxygens (including phenoxy) is 1. The van der Waals surface area contributed by atoms with E-state index in [2.05, 4.69) is 15.5 Å². The second-order valence-electron chi connectivity index (χ2n) is 5.97. The molecule has 3 aromatic rings. The topological polar surface area (TPSA) is 129 Å². The molecule has 0 aliphatic carbocycles. The van der Waals surface area contributed by atoms with Crippen LogP contribution in [-0.2, 0) is 14.8 Å². The second-order valence-corrected chi connectivity index (χ2v) is 8.84. The van der Waals surface area contributed by atoms with Gasteiger partial charge < -0.3 is 10.1 Å². The zero-order chi connectivity index (χ0) is 21.0. The van der Waals surface area contributed by atoms with Gasteiger partial charge in [-0.1, -0.05) is 23.9 Å². The SMILES string of the molecule is COc1ccccc1-n1cnnc1SC(C)C(=O)Nc1ccc(S(N)(=O)=O)cc1. The predicted octanol–water partition coefficient (Wildman–Crippen LogP) is 2.04. The van der Waals surface area contributed by atoms with Crippen LogP contribution < -0.4 is 15.2 Å². The number of nitrogens with zero attached hydrogens (tertiary/aromatic N) is 3. The number of nitrogens with one attached hydrogen (secondary N) is 1. The van der Waals surface area contributed by atoms with Gasteiger partial charge in [0.05, 0.1) is 22.9 Å². The van der Waals surface area contributed by atoms with Gasteiger partial charge in [-0.3, -0.25) is 9.36 Å². The summed E-state index contributed by atoms with van der Waals surface area (Å²) in [5, 5.41) is 15.9. The highest BCUT2D eigenvalue weighted by atomic mass is 32.2. The summed E-state index contributed by atoms with van der Waals surface area (Å²) < 4.78 is 29.7. The maximum atomic E-state index is 12.5. The van der Waals surface area contributed by atoms with E-state index in [0.717, 1.165) is 5.69 Å². The van der Waals surface area contributed by atoms with Crippen LogP contribution in [0.5, 0.6) is 5.75 Å². The van der Waals surface area contributed by atoms with Gasteiger partial charge in [-0.25, -0.2) is 13.6 Å². The molecule has 0 fully saturated rings. The lowest BCUT2D eigenvalue weighted by atomic mass is 10.3. The zero-order valence-electron chi connectivity index (χ0n) is 15.6. The minimum Gasteiger partial charge on any atom is -0.495 e. The number of carbonyl (C=O) groups is 1. The predicted molar refractivity (Wildman–Crippen MR) is 110 cm³/mol. The van der Waals surface area contributed by atoms with Crippen molar-refractivity contribution in [2.75, 3.05) is 12.4 Å². The minimum atomic E-state index is -3.78. The molecule has 1 aromatic heterocycles. The van der Waals surface area contributed by atoms with Crippen LogP contribution in [0, 0.1) is 0 Å². The highest BCUT2D eigenvalue weighted by Gasteiger charge is 2.20. The van der Waals surface area contributed by atoms with E-state index in [1.165, 1.54) is 36.0 Å². The summed E-state index contributed by atoms with van der Waals surface area (Å²) in [6.07, 6.45) is 1.55. The number of amides is 1. The quantitative estimate of drug-likeness (QED) is 0.546. The summed E-state index contributed by atoms with van der Waals surface area (Å²) in [5.41, 5.74) is 1.22. The molecule has 1 unspecified atom stereocenters. The number of aromatic nitrogens is 3. The first-order valence-corrected chi connectivity index (χ1v) is 10.9. The molecule has 0 spiro atoms. The third kappa shape index (κ3) is 4.94. The molecule has 1 atom stereocenters. The maximum absolute atomic E-state index is 12.5. The van der Waals surface area contributed by atoms with Crippen LogP contribution in [0.1, 0.15) is 6.92 Å². The lowest BCUT2D eigenvalue weighted by Gasteiger charge is -2.14. The fourth-order valence-electron chi connectivity index (χ4n) is 2.48. The number of anilines is 1. The van der Waals surface area contributed by atoms with E-state index in [4.69, 9.17) is 9.88 Å². The Morgan fingerprint density at radius 1 is 1.21 bits per heavy atom. The number of rotatable bonds is 7. The highest BCUT2D eigenvalue weighted by Crippen LogP contribution is 2.29. The van der Waals surface area contributed by atoms with Crippen LogP contribution >= 0.6 is 11.8 Å². The van der Waals surface area contributed by atoms with Crippen LogP contribution in [0.2, 0.25) is 0 Å². The first-order valence-electron chi connectivity index (χ1n) is 8.43. The molecule has 0 saturated heterocycles. The molecular formula is C18H19N5O4S2. The van der Waals surface area contributed by atoms with Crippen molar-refractivity contribution >= 4 is 33.4 Å². The molecule has 0 radical (unpaired) electrons. The summed E-state index contributed by atoms with van der Waals surface area (Å²) in [6.45, 7) is 1.74. The summed E-state index contributed by atoms with van der Waals surface area (Å²) >= 11 is 1.23. The Kier molecular flexibility index (Phi) is 6.20. The van der Waals surface area contributed by atoms with Crippen molar-refractivity contribution in [2.24, 2.45) is 5.14 Å². The Morgan fingerprint density at radius 3 is 2.55 bits per heavy atom. The van der Waals surface area contributed by atoms with Gasteiger partial charge in [0.2, 0.25) is 15.9 Å². The number of hydrogen-bond acceptors (Lipinski definition) is 7. The van der Waals surface area contributed by atoms with Crippen molar-refractivity contribution in [1.82, 2.24) is 14.8 Å². The normalized spacial score (nSPS) is 12.4. The smallest absolute Gasteiger partial charge is 0.238 e. The summed E-state index contributed by atoms with van der Waals surface area (Å²) in [7, 11) is -2.20. The van der Waals surface area contributed by atoms with Gasteiger partial charge in [0.15, 0.2) is 5.16 Å². The number of sulfonamides is 1. The molecule has 29 heavy (non-hydrogen) atoms. The first kappa shape index (κ1) is 20.8. The van der Waals surface area contributed by atoms with E-state index >= 15 is 0 Å². The van der Waals surface area contributed by atoms with E-state index < -0.39 is 15.3 Å². The summed E-state index contributed by atoms with van der Waals surface area (Å²) in [6, 6.07) is 13.0. The Morgan fingerprint density at radius 2 is 1.90 bits per heavy atom. The number of nitrogens with two attached hydrogens (primary N) is 1. The van der Waals surface area contributed by atoms with Crippen molar-refractivity contribution in [3.63, 3.8) is 0 Å².